The van der Waals surface area contributed by atoms with Gasteiger partial charge < -0.3 is 9.64 Å². The molecule has 1 aliphatic heterocycles. The standard InChI is InChI=1S/C20H19F3N2O3/c1-28-16-5-2-13(3-6-16)18(26)14-8-10-25(11-9-14)19(27)15-4-7-17(24-12-15)20(21,22)23/h2-7,12,14H,8-11H2,1H3. The van der Waals surface area contributed by atoms with E-state index in [9.17, 15) is 22.8 Å². The first-order valence-corrected chi connectivity index (χ1v) is 8.80. The maximum atomic E-state index is 12.6. The Morgan fingerprint density at radius 2 is 1.64 bits per heavy atom. The molecule has 0 bridgehead atoms. The van der Waals surface area contributed by atoms with Crippen LogP contribution in [0.4, 0.5) is 13.2 Å². The molecule has 0 atom stereocenters. The largest absolute Gasteiger partial charge is 0.497 e. The molecule has 1 aliphatic rings. The van der Waals surface area contributed by atoms with Crippen LogP contribution in [-0.4, -0.2) is 41.8 Å². The van der Waals surface area contributed by atoms with Crippen LogP contribution in [0.1, 0.15) is 39.3 Å². The lowest BCUT2D eigenvalue weighted by atomic mass is 9.88. The lowest BCUT2D eigenvalue weighted by molar-refractivity contribution is -0.141. The van der Waals surface area contributed by atoms with E-state index in [0.29, 0.717) is 37.2 Å². The predicted molar refractivity (Wildman–Crippen MR) is 95.2 cm³/mol. The van der Waals surface area contributed by atoms with Gasteiger partial charge in [-0.3, -0.25) is 14.6 Å². The summed E-state index contributed by atoms with van der Waals surface area (Å²) in [4.78, 5) is 30.0. The second-order valence-electron chi connectivity index (χ2n) is 6.59. The van der Waals surface area contributed by atoms with E-state index in [0.717, 1.165) is 18.3 Å². The molecule has 2 heterocycles. The molecule has 28 heavy (non-hydrogen) atoms. The molecule has 1 aromatic heterocycles. The Kier molecular flexibility index (Phi) is 5.67. The lowest BCUT2D eigenvalue weighted by Crippen LogP contribution is -2.40. The average Bonchev–Trinajstić information content (AvgIpc) is 2.72. The zero-order chi connectivity index (χ0) is 20.3. The molecule has 3 rings (SSSR count). The number of hydrogen-bond acceptors (Lipinski definition) is 4. The van der Waals surface area contributed by atoms with Gasteiger partial charge in [-0.15, -0.1) is 0 Å². The highest BCUT2D eigenvalue weighted by molar-refractivity contribution is 5.98. The van der Waals surface area contributed by atoms with Gasteiger partial charge in [-0.2, -0.15) is 13.2 Å². The number of ether oxygens (including phenoxy) is 1. The van der Waals surface area contributed by atoms with Gasteiger partial charge in [-0.1, -0.05) is 0 Å². The van der Waals surface area contributed by atoms with Gasteiger partial charge >= 0.3 is 6.18 Å². The molecule has 1 aromatic carbocycles. The first-order valence-electron chi connectivity index (χ1n) is 8.80. The lowest BCUT2D eigenvalue weighted by Gasteiger charge is -2.31. The molecule has 0 aliphatic carbocycles. The van der Waals surface area contributed by atoms with E-state index in [1.54, 1.807) is 36.3 Å². The first-order chi connectivity index (χ1) is 13.3. The van der Waals surface area contributed by atoms with Crippen LogP contribution in [0.3, 0.4) is 0 Å². The van der Waals surface area contributed by atoms with Gasteiger partial charge in [0, 0.05) is 30.8 Å². The van der Waals surface area contributed by atoms with E-state index >= 15 is 0 Å². The summed E-state index contributed by atoms with van der Waals surface area (Å²) in [5.41, 5.74) is -0.335. The molecular weight excluding hydrogens is 373 g/mol. The van der Waals surface area contributed by atoms with Crippen LogP contribution in [0.5, 0.6) is 5.75 Å². The fraction of sp³-hybridized carbons (Fsp3) is 0.350. The number of likely N-dealkylation sites (tertiary alicyclic amines) is 1. The molecule has 1 fully saturated rings. The average molecular weight is 392 g/mol. The summed E-state index contributed by atoms with van der Waals surface area (Å²) in [7, 11) is 1.55. The number of rotatable bonds is 4. The minimum absolute atomic E-state index is 0.0194. The molecular formula is C20H19F3N2O3. The quantitative estimate of drug-likeness (QED) is 0.742. The van der Waals surface area contributed by atoms with Gasteiger partial charge in [0.05, 0.1) is 12.7 Å². The van der Waals surface area contributed by atoms with Crippen LogP contribution in [0, 0.1) is 5.92 Å². The van der Waals surface area contributed by atoms with Crippen molar-refractivity contribution in [3.05, 3.63) is 59.4 Å². The number of benzene rings is 1. The topological polar surface area (TPSA) is 59.5 Å². The minimum atomic E-state index is -4.54. The monoisotopic (exact) mass is 392 g/mol. The number of halogens is 3. The van der Waals surface area contributed by atoms with E-state index in [1.165, 1.54) is 0 Å². The third-order valence-corrected chi connectivity index (χ3v) is 4.83. The van der Waals surface area contributed by atoms with Crippen molar-refractivity contribution in [3.63, 3.8) is 0 Å². The van der Waals surface area contributed by atoms with Crippen LogP contribution in [0.15, 0.2) is 42.6 Å². The molecule has 0 unspecified atom stereocenters. The molecule has 2 aromatic rings. The van der Waals surface area contributed by atoms with E-state index in [1.807, 2.05) is 0 Å². The zero-order valence-electron chi connectivity index (χ0n) is 15.2. The van der Waals surface area contributed by atoms with Crippen molar-refractivity contribution in [2.45, 2.75) is 19.0 Å². The summed E-state index contributed by atoms with van der Waals surface area (Å²) < 4.78 is 42.8. The van der Waals surface area contributed by atoms with Gasteiger partial charge in [0.25, 0.3) is 5.91 Å². The highest BCUT2D eigenvalue weighted by Crippen LogP contribution is 2.28. The second-order valence-corrected chi connectivity index (χ2v) is 6.59. The number of nitrogens with zero attached hydrogens (tertiary/aromatic N) is 2. The van der Waals surface area contributed by atoms with E-state index in [4.69, 9.17) is 4.74 Å². The van der Waals surface area contributed by atoms with E-state index in [-0.39, 0.29) is 23.2 Å². The fourth-order valence-corrected chi connectivity index (χ4v) is 3.21. The Bertz CT molecular complexity index is 840. The Hall–Kier alpha value is -2.90. The zero-order valence-corrected chi connectivity index (χ0v) is 15.2. The molecule has 0 spiro atoms. The highest BCUT2D eigenvalue weighted by Gasteiger charge is 2.33. The number of carbonyl (C=O) groups is 2. The number of pyridine rings is 1. The number of carbonyl (C=O) groups excluding carboxylic acids is 2. The number of ketones is 1. The molecule has 0 N–H and O–H groups in total. The molecule has 148 valence electrons. The maximum Gasteiger partial charge on any atom is 0.433 e. The summed E-state index contributed by atoms with van der Waals surface area (Å²) >= 11 is 0. The summed E-state index contributed by atoms with van der Waals surface area (Å²) in [5.74, 6) is 0.118. The summed E-state index contributed by atoms with van der Waals surface area (Å²) in [6.45, 7) is 0.735. The number of methoxy groups -OCH3 is 1. The fourth-order valence-electron chi connectivity index (χ4n) is 3.21. The normalized spacial score (nSPS) is 15.4. The maximum absolute atomic E-state index is 12.6. The van der Waals surface area contributed by atoms with Gasteiger partial charge in [0.15, 0.2) is 5.78 Å². The van der Waals surface area contributed by atoms with Crippen molar-refractivity contribution >= 4 is 11.7 Å². The van der Waals surface area contributed by atoms with Crippen molar-refractivity contribution in [2.24, 2.45) is 5.92 Å². The van der Waals surface area contributed by atoms with Gasteiger partial charge in [-0.05, 0) is 49.2 Å². The van der Waals surface area contributed by atoms with Crippen molar-refractivity contribution in [3.8, 4) is 5.75 Å². The molecule has 1 saturated heterocycles. The number of hydrogen-bond donors (Lipinski definition) is 0. The van der Waals surface area contributed by atoms with Crippen LogP contribution in [0.2, 0.25) is 0 Å². The van der Waals surface area contributed by atoms with Crippen LogP contribution >= 0.6 is 0 Å². The Balaban J connectivity index is 1.59. The number of piperidine rings is 1. The predicted octanol–water partition coefficient (Wildman–Crippen LogP) is 3.84. The van der Waals surface area contributed by atoms with Crippen molar-refractivity contribution in [1.82, 2.24) is 9.88 Å². The number of Topliss-reactive ketones (excluding diaryl/α,β-unsaturated/α-hetero) is 1. The summed E-state index contributed by atoms with van der Waals surface area (Å²) in [6, 6.07) is 8.81. The Morgan fingerprint density at radius 1 is 1.04 bits per heavy atom. The SMILES string of the molecule is COc1ccc(C(=O)C2CCN(C(=O)c3ccc(C(F)(F)F)nc3)CC2)cc1. The van der Waals surface area contributed by atoms with Gasteiger partial charge in [0.2, 0.25) is 0 Å². The third-order valence-electron chi connectivity index (χ3n) is 4.83. The van der Waals surface area contributed by atoms with Crippen molar-refractivity contribution in [1.29, 1.82) is 0 Å². The van der Waals surface area contributed by atoms with E-state index in [2.05, 4.69) is 4.98 Å². The minimum Gasteiger partial charge on any atom is -0.497 e. The van der Waals surface area contributed by atoms with Crippen molar-refractivity contribution < 1.29 is 27.5 Å². The Labute approximate surface area is 160 Å². The number of amides is 1. The van der Waals surface area contributed by atoms with Crippen LogP contribution in [0.25, 0.3) is 0 Å². The van der Waals surface area contributed by atoms with Crippen LogP contribution in [-0.2, 0) is 6.18 Å². The highest BCUT2D eigenvalue weighted by atomic mass is 19.4. The van der Waals surface area contributed by atoms with Crippen molar-refractivity contribution in [2.75, 3.05) is 20.2 Å². The molecule has 5 nitrogen and oxygen atoms in total. The van der Waals surface area contributed by atoms with E-state index < -0.39 is 11.9 Å². The van der Waals surface area contributed by atoms with Gasteiger partial charge in [-0.25, -0.2) is 0 Å². The molecule has 0 radical (unpaired) electrons. The summed E-state index contributed by atoms with van der Waals surface area (Å²) in [5, 5.41) is 0. The molecule has 0 saturated carbocycles. The summed E-state index contributed by atoms with van der Waals surface area (Å²) in [6.07, 6.45) is -2.59. The second kappa shape index (κ2) is 8.00. The molecule has 1 amide bonds. The first kappa shape index (κ1) is 19.9. The smallest absolute Gasteiger partial charge is 0.433 e. The third kappa shape index (κ3) is 4.32. The van der Waals surface area contributed by atoms with Crippen LogP contribution < -0.4 is 4.74 Å². The number of alkyl halides is 3. The van der Waals surface area contributed by atoms with Gasteiger partial charge in [0.1, 0.15) is 11.4 Å². The number of aromatic nitrogens is 1. The molecule has 8 heteroatoms. The Morgan fingerprint density at radius 3 is 2.14 bits per heavy atom.